The first kappa shape index (κ1) is 14.2. The highest BCUT2D eigenvalue weighted by Crippen LogP contribution is 2.25. The number of aliphatic carboxylic acids is 2. The fraction of sp³-hybridized carbons (Fsp3) is 0.583. The molecule has 2 N–H and O–H groups in total. The molecule has 1 amide bonds. The Morgan fingerprint density at radius 2 is 1.85 bits per heavy atom. The van der Waals surface area contributed by atoms with Crippen LogP contribution in [0.4, 0.5) is 0 Å². The fourth-order valence-corrected chi connectivity index (χ4v) is 2.32. The number of rotatable bonds is 3. The summed E-state index contributed by atoms with van der Waals surface area (Å²) in [7, 11) is 0. The third-order valence-corrected chi connectivity index (χ3v) is 3.39. The van der Waals surface area contributed by atoms with Gasteiger partial charge in [0.15, 0.2) is 0 Å². The van der Waals surface area contributed by atoms with Gasteiger partial charge < -0.3 is 24.6 Å². The number of hydrogen-bond acceptors (Lipinski definition) is 5. The van der Waals surface area contributed by atoms with Crippen LogP contribution in [-0.4, -0.2) is 59.3 Å². The Morgan fingerprint density at radius 1 is 1.15 bits per heavy atom. The molecule has 8 nitrogen and oxygen atoms in total. The van der Waals surface area contributed by atoms with E-state index < -0.39 is 29.7 Å². The minimum atomic E-state index is -1.22. The summed E-state index contributed by atoms with van der Waals surface area (Å²) >= 11 is 0. The highest BCUT2D eigenvalue weighted by atomic mass is 16.6. The Bertz CT molecular complexity index is 459. The average molecular weight is 285 g/mol. The molecule has 2 rings (SSSR count). The molecule has 20 heavy (non-hydrogen) atoms. The SMILES string of the molecule is O=C(O)C1CCN(C(=O)C2=COCCO2)CC1C(=O)O. The number of nitrogens with zero attached hydrogens (tertiary/aromatic N) is 1. The number of carbonyl (C=O) groups excluding carboxylic acids is 1. The second kappa shape index (κ2) is 5.81. The molecule has 2 aliphatic rings. The van der Waals surface area contributed by atoms with Gasteiger partial charge in [0.1, 0.15) is 19.5 Å². The maximum absolute atomic E-state index is 12.1. The quantitative estimate of drug-likeness (QED) is 0.719. The van der Waals surface area contributed by atoms with Gasteiger partial charge in [0.25, 0.3) is 5.91 Å². The lowest BCUT2D eigenvalue weighted by Crippen LogP contribution is -2.49. The molecule has 0 saturated carbocycles. The summed E-state index contributed by atoms with van der Waals surface area (Å²) < 4.78 is 10.1. The maximum atomic E-state index is 12.1. The van der Waals surface area contributed by atoms with Gasteiger partial charge in [-0.1, -0.05) is 0 Å². The molecule has 0 aromatic carbocycles. The molecular formula is C12H15NO7. The van der Waals surface area contributed by atoms with Crippen LogP contribution in [0.5, 0.6) is 0 Å². The zero-order chi connectivity index (χ0) is 14.7. The van der Waals surface area contributed by atoms with Gasteiger partial charge in [0, 0.05) is 13.1 Å². The third-order valence-electron chi connectivity index (χ3n) is 3.39. The minimum absolute atomic E-state index is 0.0224. The van der Waals surface area contributed by atoms with Crippen LogP contribution in [0.3, 0.4) is 0 Å². The summed E-state index contributed by atoms with van der Waals surface area (Å²) in [6.45, 7) is 0.646. The Kier molecular flexibility index (Phi) is 4.11. The van der Waals surface area contributed by atoms with E-state index in [9.17, 15) is 14.4 Å². The lowest BCUT2D eigenvalue weighted by Gasteiger charge is -2.35. The van der Waals surface area contributed by atoms with Crippen molar-refractivity contribution in [2.24, 2.45) is 11.8 Å². The van der Waals surface area contributed by atoms with Crippen molar-refractivity contribution < 1.29 is 34.1 Å². The van der Waals surface area contributed by atoms with Crippen molar-refractivity contribution in [3.63, 3.8) is 0 Å². The van der Waals surface area contributed by atoms with Crippen molar-refractivity contribution >= 4 is 17.8 Å². The third kappa shape index (κ3) is 2.84. The fourth-order valence-electron chi connectivity index (χ4n) is 2.32. The molecule has 110 valence electrons. The van der Waals surface area contributed by atoms with Crippen LogP contribution in [0.15, 0.2) is 12.0 Å². The summed E-state index contributed by atoms with van der Waals surface area (Å²) in [5.41, 5.74) is 0. The first-order chi connectivity index (χ1) is 9.50. The topological polar surface area (TPSA) is 113 Å². The van der Waals surface area contributed by atoms with Crippen LogP contribution < -0.4 is 0 Å². The highest BCUT2D eigenvalue weighted by Gasteiger charge is 2.41. The van der Waals surface area contributed by atoms with Gasteiger partial charge in [-0.25, -0.2) is 0 Å². The van der Waals surface area contributed by atoms with Gasteiger partial charge in [0.05, 0.1) is 11.8 Å². The highest BCUT2D eigenvalue weighted by molar-refractivity contribution is 5.92. The zero-order valence-corrected chi connectivity index (χ0v) is 10.7. The molecule has 0 bridgehead atoms. The number of hydrogen-bond donors (Lipinski definition) is 2. The number of carbonyl (C=O) groups is 3. The molecule has 1 fully saturated rings. The van der Waals surface area contributed by atoms with Crippen LogP contribution >= 0.6 is 0 Å². The summed E-state index contributed by atoms with van der Waals surface area (Å²) in [6.07, 6.45) is 1.30. The van der Waals surface area contributed by atoms with E-state index in [-0.39, 0.29) is 31.9 Å². The van der Waals surface area contributed by atoms with Crippen molar-refractivity contribution in [1.29, 1.82) is 0 Å². The molecule has 1 saturated heterocycles. The molecule has 8 heteroatoms. The molecule has 0 radical (unpaired) electrons. The van der Waals surface area contributed by atoms with E-state index in [4.69, 9.17) is 19.7 Å². The van der Waals surface area contributed by atoms with Gasteiger partial charge in [0.2, 0.25) is 5.76 Å². The summed E-state index contributed by atoms with van der Waals surface area (Å²) in [5, 5.41) is 18.1. The molecule has 2 heterocycles. The number of likely N-dealkylation sites (tertiary alicyclic amines) is 1. The molecule has 0 aliphatic carbocycles. The Balaban J connectivity index is 2.08. The average Bonchev–Trinajstić information content (AvgIpc) is 2.46. The maximum Gasteiger partial charge on any atom is 0.309 e. The van der Waals surface area contributed by atoms with Crippen LogP contribution in [0, 0.1) is 11.8 Å². The van der Waals surface area contributed by atoms with Crippen LogP contribution in [-0.2, 0) is 23.9 Å². The zero-order valence-electron chi connectivity index (χ0n) is 10.7. The normalized spacial score (nSPS) is 26.0. The van der Waals surface area contributed by atoms with Gasteiger partial charge in [-0.2, -0.15) is 0 Å². The van der Waals surface area contributed by atoms with Gasteiger partial charge in [-0.15, -0.1) is 0 Å². The summed E-state index contributed by atoms with van der Waals surface area (Å²) in [6, 6.07) is 0. The molecule has 2 aliphatic heterocycles. The predicted molar refractivity (Wildman–Crippen MR) is 63.4 cm³/mol. The van der Waals surface area contributed by atoms with Crippen LogP contribution in [0.2, 0.25) is 0 Å². The lowest BCUT2D eigenvalue weighted by atomic mass is 9.85. The van der Waals surface area contributed by atoms with Gasteiger partial charge in [-0.3, -0.25) is 14.4 Å². The Hall–Kier alpha value is -2.25. The number of amides is 1. The predicted octanol–water partition coefficient (Wildman–Crippen LogP) is -0.491. The van der Waals surface area contributed by atoms with Gasteiger partial charge >= 0.3 is 11.9 Å². The monoisotopic (exact) mass is 285 g/mol. The van der Waals surface area contributed by atoms with Crippen molar-refractivity contribution in [1.82, 2.24) is 4.90 Å². The summed E-state index contributed by atoms with van der Waals surface area (Å²) in [4.78, 5) is 35.6. The second-order valence-electron chi connectivity index (χ2n) is 4.63. The van der Waals surface area contributed by atoms with E-state index in [1.807, 2.05) is 0 Å². The number of ether oxygens (including phenoxy) is 2. The molecule has 2 unspecified atom stereocenters. The first-order valence-electron chi connectivity index (χ1n) is 6.20. The van der Waals surface area contributed by atoms with Crippen molar-refractivity contribution in [2.75, 3.05) is 26.3 Å². The minimum Gasteiger partial charge on any atom is -0.494 e. The van der Waals surface area contributed by atoms with Crippen molar-refractivity contribution in [2.45, 2.75) is 6.42 Å². The Labute approximate surface area is 114 Å². The largest absolute Gasteiger partial charge is 0.494 e. The van der Waals surface area contributed by atoms with Crippen LogP contribution in [0.1, 0.15) is 6.42 Å². The smallest absolute Gasteiger partial charge is 0.309 e. The van der Waals surface area contributed by atoms with E-state index in [0.717, 1.165) is 0 Å². The number of piperidine rings is 1. The number of carboxylic acid groups (broad SMARTS) is 2. The summed E-state index contributed by atoms with van der Waals surface area (Å²) in [5.74, 6) is -4.91. The standard InChI is InChI=1S/C12H15NO7/c14-10(9-6-19-3-4-20-9)13-2-1-7(11(15)16)8(5-13)12(17)18/h6-8H,1-5H2,(H,15,16)(H,17,18). The lowest BCUT2D eigenvalue weighted by molar-refractivity contribution is -0.159. The van der Waals surface area contributed by atoms with E-state index in [1.54, 1.807) is 0 Å². The van der Waals surface area contributed by atoms with E-state index in [1.165, 1.54) is 11.2 Å². The van der Waals surface area contributed by atoms with Crippen LogP contribution in [0.25, 0.3) is 0 Å². The molecule has 0 aromatic rings. The first-order valence-corrected chi connectivity index (χ1v) is 6.20. The van der Waals surface area contributed by atoms with Crippen molar-refractivity contribution in [3.05, 3.63) is 12.0 Å². The molecule has 2 atom stereocenters. The molecule has 0 aromatic heterocycles. The molecular weight excluding hydrogens is 270 g/mol. The van der Waals surface area contributed by atoms with E-state index >= 15 is 0 Å². The Morgan fingerprint density at radius 3 is 2.40 bits per heavy atom. The van der Waals surface area contributed by atoms with E-state index in [2.05, 4.69) is 0 Å². The van der Waals surface area contributed by atoms with Gasteiger partial charge in [-0.05, 0) is 6.42 Å². The second-order valence-corrected chi connectivity index (χ2v) is 4.63. The van der Waals surface area contributed by atoms with E-state index in [0.29, 0.717) is 6.61 Å². The van der Waals surface area contributed by atoms with Crippen molar-refractivity contribution in [3.8, 4) is 0 Å². The molecule has 0 spiro atoms. The number of carboxylic acids is 2.